The van der Waals surface area contributed by atoms with Crippen molar-refractivity contribution in [3.8, 4) is 0 Å². The van der Waals surface area contributed by atoms with E-state index in [1.165, 1.54) is 0 Å². The van der Waals surface area contributed by atoms with Gasteiger partial charge >= 0.3 is 5.66 Å². The highest BCUT2D eigenvalue weighted by Gasteiger charge is 2.47. The van der Waals surface area contributed by atoms with Gasteiger partial charge in [-0.15, -0.1) is 0 Å². The van der Waals surface area contributed by atoms with E-state index >= 15 is 0 Å². The average molecular weight is 210 g/mol. The summed E-state index contributed by atoms with van der Waals surface area (Å²) in [6, 6.07) is 0. The van der Waals surface area contributed by atoms with Crippen LogP contribution in [0.3, 0.4) is 0 Å². The molecule has 2 aliphatic heterocycles. The smallest absolute Gasteiger partial charge is 0.314 e. The van der Waals surface area contributed by atoms with Crippen LogP contribution < -0.4 is 5.32 Å². The molecular weight excluding hydrogens is 196 g/mol. The number of nitrogens with zero attached hydrogens (tertiary/aromatic N) is 3. The van der Waals surface area contributed by atoms with Crippen LogP contribution in [0.2, 0.25) is 0 Å². The molecule has 0 amide bonds. The molecular formula is C9H14N4O2. The summed E-state index contributed by atoms with van der Waals surface area (Å²) in [4.78, 5) is 16.9. The van der Waals surface area contributed by atoms with Gasteiger partial charge in [-0.05, 0) is 6.08 Å². The standard InChI is InChI=1S/C9H14N4O2/c14-13(15)9(2-1-3-11-8-9)12-6-4-10-5-7-12/h1-3,10H,4-8H2. The lowest BCUT2D eigenvalue weighted by atomic mass is 10.1. The van der Waals surface area contributed by atoms with E-state index in [0.717, 1.165) is 13.1 Å². The Balaban J connectivity index is 2.21. The maximum absolute atomic E-state index is 11.2. The van der Waals surface area contributed by atoms with E-state index in [1.807, 2.05) is 4.90 Å². The fourth-order valence-corrected chi connectivity index (χ4v) is 1.99. The first-order valence-electron chi connectivity index (χ1n) is 5.04. The van der Waals surface area contributed by atoms with Gasteiger partial charge in [0.05, 0.1) is 0 Å². The molecule has 2 heterocycles. The SMILES string of the molecule is O=[N+]([O-])C1(N2CCNCC2)C=CC=NC1. The first-order chi connectivity index (χ1) is 7.26. The van der Waals surface area contributed by atoms with Crippen molar-refractivity contribution in [2.24, 2.45) is 4.99 Å². The van der Waals surface area contributed by atoms with Crippen LogP contribution in [0.15, 0.2) is 17.1 Å². The lowest BCUT2D eigenvalue weighted by Crippen LogP contribution is -2.61. The molecule has 1 saturated heterocycles. The zero-order valence-electron chi connectivity index (χ0n) is 8.43. The third kappa shape index (κ3) is 1.78. The lowest BCUT2D eigenvalue weighted by Gasteiger charge is -2.36. The maximum atomic E-state index is 11.2. The summed E-state index contributed by atoms with van der Waals surface area (Å²) in [5.41, 5.74) is -1.11. The molecule has 0 aliphatic carbocycles. The van der Waals surface area contributed by atoms with Gasteiger partial charge in [-0.2, -0.15) is 0 Å². The van der Waals surface area contributed by atoms with E-state index in [2.05, 4.69) is 10.3 Å². The molecule has 1 unspecified atom stereocenters. The highest BCUT2D eigenvalue weighted by molar-refractivity contribution is 5.72. The predicted octanol–water partition coefficient (Wildman–Crippen LogP) is -0.495. The van der Waals surface area contributed by atoms with Crippen LogP contribution in [0.1, 0.15) is 0 Å². The number of nitro groups is 1. The van der Waals surface area contributed by atoms with E-state index in [9.17, 15) is 10.1 Å². The molecule has 0 aromatic carbocycles. The average Bonchev–Trinajstić information content (AvgIpc) is 2.31. The van der Waals surface area contributed by atoms with Crippen LogP contribution >= 0.6 is 0 Å². The van der Waals surface area contributed by atoms with Crippen molar-refractivity contribution in [3.63, 3.8) is 0 Å². The minimum Gasteiger partial charge on any atom is -0.314 e. The predicted molar refractivity (Wildman–Crippen MR) is 56.7 cm³/mol. The number of allylic oxidation sites excluding steroid dienone is 1. The molecule has 1 fully saturated rings. The van der Waals surface area contributed by atoms with Gasteiger partial charge in [0.2, 0.25) is 0 Å². The van der Waals surface area contributed by atoms with Crippen LogP contribution in [0.4, 0.5) is 0 Å². The third-order valence-corrected chi connectivity index (χ3v) is 2.86. The molecule has 15 heavy (non-hydrogen) atoms. The first-order valence-corrected chi connectivity index (χ1v) is 5.04. The summed E-state index contributed by atoms with van der Waals surface area (Å²) in [5, 5.41) is 14.4. The summed E-state index contributed by atoms with van der Waals surface area (Å²) >= 11 is 0. The Morgan fingerprint density at radius 3 is 2.73 bits per heavy atom. The van der Waals surface area contributed by atoms with Gasteiger partial charge < -0.3 is 5.32 Å². The quantitative estimate of drug-likeness (QED) is 0.493. The van der Waals surface area contributed by atoms with Gasteiger partial charge in [-0.25, -0.2) is 4.90 Å². The number of dihydropyridines is 1. The van der Waals surface area contributed by atoms with Gasteiger partial charge in [0.15, 0.2) is 0 Å². The minimum absolute atomic E-state index is 0.219. The maximum Gasteiger partial charge on any atom is 0.316 e. The topological polar surface area (TPSA) is 70.8 Å². The van der Waals surface area contributed by atoms with Gasteiger partial charge in [0.25, 0.3) is 0 Å². The van der Waals surface area contributed by atoms with Crippen molar-refractivity contribution < 1.29 is 4.92 Å². The third-order valence-electron chi connectivity index (χ3n) is 2.86. The second kappa shape index (κ2) is 4.08. The summed E-state index contributed by atoms with van der Waals surface area (Å²) in [6.45, 7) is 3.21. The van der Waals surface area contributed by atoms with Gasteiger partial charge in [0, 0.05) is 43.4 Å². The van der Waals surface area contributed by atoms with Crippen molar-refractivity contribution in [3.05, 3.63) is 22.3 Å². The molecule has 2 rings (SSSR count). The largest absolute Gasteiger partial charge is 0.316 e. The highest BCUT2D eigenvalue weighted by atomic mass is 16.6. The van der Waals surface area contributed by atoms with Crippen LogP contribution in [0, 0.1) is 10.1 Å². The fraction of sp³-hybridized carbons (Fsp3) is 0.667. The van der Waals surface area contributed by atoms with E-state index in [-0.39, 0.29) is 11.5 Å². The second-order valence-electron chi connectivity index (χ2n) is 3.72. The number of rotatable bonds is 2. The van der Waals surface area contributed by atoms with Gasteiger partial charge in [0.1, 0.15) is 6.54 Å². The van der Waals surface area contributed by atoms with E-state index < -0.39 is 5.66 Å². The lowest BCUT2D eigenvalue weighted by molar-refractivity contribution is -0.583. The molecule has 0 aromatic rings. The molecule has 0 radical (unpaired) electrons. The first kappa shape index (κ1) is 10.3. The van der Waals surface area contributed by atoms with Crippen molar-refractivity contribution >= 4 is 6.21 Å². The molecule has 0 aromatic heterocycles. The Morgan fingerprint density at radius 1 is 1.47 bits per heavy atom. The van der Waals surface area contributed by atoms with Crippen molar-refractivity contribution in [1.82, 2.24) is 10.2 Å². The molecule has 0 saturated carbocycles. The Hall–Kier alpha value is -1.27. The molecule has 82 valence electrons. The van der Waals surface area contributed by atoms with E-state index in [4.69, 9.17) is 0 Å². The molecule has 1 atom stereocenters. The molecule has 6 heteroatoms. The van der Waals surface area contributed by atoms with E-state index in [1.54, 1.807) is 18.4 Å². The Bertz CT molecular complexity index is 309. The normalized spacial score (nSPS) is 31.7. The Morgan fingerprint density at radius 2 is 2.20 bits per heavy atom. The van der Waals surface area contributed by atoms with Crippen molar-refractivity contribution in [1.29, 1.82) is 0 Å². The number of hydrogen-bond donors (Lipinski definition) is 1. The zero-order valence-corrected chi connectivity index (χ0v) is 8.43. The van der Waals surface area contributed by atoms with Crippen molar-refractivity contribution in [2.75, 3.05) is 32.7 Å². The minimum atomic E-state index is -1.11. The van der Waals surface area contributed by atoms with Gasteiger partial charge in [-0.3, -0.25) is 15.1 Å². The summed E-state index contributed by atoms with van der Waals surface area (Å²) in [6.07, 6.45) is 4.92. The van der Waals surface area contributed by atoms with Crippen LogP contribution in [0.5, 0.6) is 0 Å². The molecule has 2 aliphatic rings. The number of nitrogens with one attached hydrogen (secondary N) is 1. The number of piperazine rings is 1. The summed E-state index contributed by atoms with van der Waals surface area (Å²) in [7, 11) is 0. The van der Waals surface area contributed by atoms with Crippen LogP contribution in [0.25, 0.3) is 0 Å². The number of aliphatic imine (C=N–C) groups is 1. The Labute approximate surface area is 87.8 Å². The zero-order chi connectivity index (χ0) is 10.7. The monoisotopic (exact) mass is 210 g/mol. The number of hydrogen-bond acceptors (Lipinski definition) is 5. The van der Waals surface area contributed by atoms with Crippen LogP contribution in [-0.2, 0) is 0 Å². The summed E-state index contributed by atoms with van der Waals surface area (Å²) < 4.78 is 0. The summed E-state index contributed by atoms with van der Waals surface area (Å²) in [5.74, 6) is 0. The van der Waals surface area contributed by atoms with Crippen molar-refractivity contribution in [2.45, 2.75) is 5.66 Å². The van der Waals surface area contributed by atoms with E-state index in [0.29, 0.717) is 13.1 Å². The molecule has 0 bridgehead atoms. The van der Waals surface area contributed by atoms with Gasteiger partial charge in [-0.1, -0.05) is 0 Å². The Kier molecular flexibility index (Phi) is 2.79. The highest BCUT2D eigenvalue weighted by Crippen LogP contribution is 2.21. The molecule has 1 N–H and O–H groups in total. The molecule has 6 nitrogen and oxygen atoms in total. The van der Waals surface area contributed by atoms with Crippen LogP contribution in [-0.4, -0.2) is 54.4 Å². The second-order valence-corrected chi connectivity index (χ2v) is 3.72. The molecule has 0 spiro atoms. The fourth-order valence-electron chi connectivity index (χ4n) is 1.99.